The van der Waals surface area contributed by atoms with Gasteiger partial charge in [-0.3, -0.25) is 4.55 Å². The highest BCUT2D eigenvalue weighted by Gasteiger charge is 2.05. The molecule has 3 rings (SSSR count). The van der Waals surface area contributed by atoms with Gasteiger partial charge in [0.15, 0.2) is 0 Å². The van der Waals surface area contributed by atoms with Gasteiger partial charge in [-0.05, 0) is 64.0 Å². The first-order valence-electron chi connectivity index (χ1n) is 7.33. The van der Waals surface area contributed by atoms with Gasteiger partial charge >= 0.3 is 0 Å². The highest BCUT2D eigenvalue weighted by atomic mass is 127. The maximum Gasteiger partial charge on any atom is 0.294 e. The Kier molecular flexibility index (Phi) is 6.98. The SMILES string of the molecule is COc1ccc(-c2ccccc2I)cc1.O=S(=O)(O)c1ccccc1. The van der Waals surface area contributed by atoms with E-state index in [1.807, 2.05) is 12.1 Å². The highest BCUT2D eigenvalue weighted by molar-refractivity contribution is 14.1. The van der Waals surface area contributed by atoms with Crippen molar-refractivity contribution in [2.75, 3.05) is 7.11 Å². The maximum atomic E-state index is 10.4. The molecule has 0 amide bonds. The minimum absolute atomic E-state index is 0.0741. The predicted molar refractivity (Wildman–Crippen MR) is 107 cm³/mol. The molecule has 0 aliphatic heterocycles. The zero-order chi connectivity index (χ0) is 18.3. The van der Waals surface area contributed by atoms with Crippen molar-refractivity contribution in [1.82, 2.24) is 0 Å². The van der Waals surface area contributed by atoms with E-state index in [1.165, 1.54) is 26.8 Å². The van der Waals surface area contributed by atoms with Crippen molar-refractivity contribution in [1.29, 1.82) is 0 Å². The van der Waals surface area contributed by atoms with Gasteiger partial charge in [0.25, 0.3) is 10.1 Å². The molecule has 0 aliphatic rings. The van der Waals surface area contributed by atoms with Crippen LogP contribution in [0.15, 0.2) is 83.8 Å². The van der Waals surface area contributed by atoms with E-state index in [0.29, 0.717) is 0 Å². The Labute approximate surface area is 161 Å². The van der Waals surface area contributed by atoms with E-state index in [0.717, 1.165) is 5.75 Å². The van der Waals surface area contributed by atoms with Gasteiger partial charge in [0, 0.05) is 3.57 Å². The fraction of sp³-hybridized carbons (Fsp3) is 0.0526. The molecular formula is C19H17IO4S. The summed E-state index contributed by atoms with van der Waals surface area (Å²) in [5.74, 6) is 0.893. The molecular weight excluding hydrogens is 451 g/mol. The Morgan fingerprint density at radius 3 is 1.88 bits per heavy atom. The number of hydrogen-bond acceptors (Lipinski definition) is 3. The van der Waals surface area contributed by atoms with E-state index in [-0.39, 0.29) is 4.90 Å². The summed E-state index contributed by atoms with van der Waals surface area (Å²) < 4.78 is 35.6. The molecule has 1 N–H and O–H groups in total. The number of benzene rings is 3. The molecule has 0 aliphatic carbocycles. The number of halogens is 1. The number of ether oxygens (including phenoxy) is 1. The lowest BCUT2D eigenvalue weighted by Gasteiger charge is -2.05. The minimum Gasteiger partial charge on any atom is -0.497 e. The Morgan fingerprint density at radius 2 is 1.40 bits per heavy atom. The topological polar surface area (TPSA) is 63.6 Å². The molecule has 3 aromatic carbocycles. The van der Waals surface area contributed by atoms with Crippen LogP contribution in [0.2, 0.25) is 0 Å². The third-order valence-corrected chi connectivity index (χ3v) is 5.12. The normalized spacial score (nSPS) is 10.5. The molecule has 4 nitrogen and oxygen atoms in total. The van der Waals surface area contributed by atoms with Crippen molar-refractivity contribution in [3.05, 3.63) is 82.4 Å². The molecule has 0 heterocycles. The Morgan fingerprint density at radius 1 is 0.840 bits per heavy atom. The van der Waals surface area contributed by atoms with Crippen LogP contribution in [-0.4, -0.2) is 20.1 Å². The average Bonchev–Trinajstić information content (AvgIpc) is 2.63. The van der Waals surface area contributed by atoms with Crippen molar-refractivity contribution in [2.24, 2.45) is 0 Å². The lowest BCUT2D eigenvalue weighted by Crippen LogP contribution is -1.96. The number of rotatable bonds is 3. The summed E-state index contributed by atoms with van der Waals surface area (Å²) in [5, 5.41) is 0. The van der Waals surface area contributed by atoms with Crippen LogP contribution in [-0.2, 0) is 10.1 Å². The summed E-state index contributed by atoms with van der Waals surface area (Å²) in [5.41, 5.74) is 2.49. The molecule has 0 radical (unpaired) electrons. The van der Waals surface area contributed by atoms with Crippen LogP contribution in [0.4, 0.5) is 0 Å². The van der Waals surface area contributed by atoms with Crippen molar-refractivity contribution in [2.45, 2.75) is 4.90 Å². The first-order valence-corrected chi connectivity index (χ1v) is 9.85. The summed E-state index contributed by atoms with van der Waals surface area (Å²) in [4.78, 5) is -0.0741. The van der Waals surface area contributed by atoms with Crippen LogP contribution < -0.4 is 4.74 Å². The van der Waals surface area contributed by atoms with Crippen LogP contribution in [0.3, 0.4) is 0 Å². The van der Waals surface area contributed by atoms with Gasteiger partial charge in [-0.15, -0.1) is 0 Å². The third kappa shape index (κ3) is 5.84. The van der Waals surface area contributed by atoms with Gasteiger partial charge in [0.1, 0.15) is 5.75 Å². The minimum atomic E-state index is -4.00. The average molecular weight is 468 g/mol. The van der Waals surface area contributed by atoms with Crippen molar-refractivity contribution in [3.63, 3.8) is 0 Å². The van der Waals surface area contributed by atoms with Crippen LogP contribution in [0.25, 0.3) is 11.1 Å². The van der Waals surface area contributed by atoms with E-state index < -0.39 is 10.1 Å². The fourth-order valence-corrected chi connectivity index (χ4v) is 3.26. The van der Waals surface area contributed by atoms with Crippen LogP contribution >= 0.6 is 22.6 Å². The van der Waals surface area contributed by atoms with Gasteiger partial charge in [-0.2, -0.15) is 8.42 Å². The van der Waals surface area contributed by atoms with Crippen molar-refractivity contribution < 1.29 is 17.7 Å². The molecule has 0 saturated heterocycles. The summed E-state index contributed by atoms with van der Waals surface area (Å²) in [6, 6.07) is 23.9. The van der Waals surface area contributed by atoms with Crippen LogP contribution in [0.5, 0.6) is 5.75 Å². The molecule has 25 heavy (non-hydrogen) atoms. The summed E-state index contributed by atoms with van der Waals surface area (Å²) in [6.07, 6.45) is 0. The van der Waals surface area contributed by atoms with E-state index in [4.69, 9.17) is 9.29 Å². The Bertz CT molecular complexity index is 908. The van der Waals surface area contributed by atoms with E-state index in [1.54, 1.807) is 25.3 Å². The zero-order valence-corrected chi connectivity index (χ0v) is 16.4. The molecule has 0 aromatic heterocycles. The Balaban J connectivity index is 0.000000196. The first-order chi connectivity index (χ1) is 11.9. The summed E-state index contributed by atoms with van der Waals surface area (Å²) >= 11 is 2.35. The molecule has 0 saturated carbocycles. The van der Waals surface area contributed by atoms with E-state index in [2.05, 4.69) is 59.0 Å². The molecule has 130 valence electrons. The maximum absolute atomic E-state index is 10.4. The molecule has 0 bridgehead atoms. The quantitative estimate of drug-likeness (QED) is 0.439. The highest BCUT2D eigenvalue weighted by Crippen LogP contribution is 2.26. The zero-order valence-electron chi connectivity index (χ0n) is 13.5. The lowest BCUT2D eigenvalue weighted by molar-refractivity contribution is 0.415. The van der Waals surface area contributed by atoms with E-state index in [9.17, 15) is 8.42 Å². The molecule has 3 aromatic rings. The smallest absolute Gasteiger partial charge is 0.294 e. The standard InChI is InChI=1S/C13H11IO.C6H6O3S/c1-15-11-8-6-10(7-9-11)12-4-2-3-5-13(12)14;7-10(8,9)6-4-2-1-3-5-6/h2-9H,1H3;1-5H,(H,7,8,9). The monoisotopic (exact) mass is 468 g/mol. The number of hydrogen-bond donors (Lipinski definition) is 1. The second-order valence-corrected chi connectivity index (χ2v) is 7.58. The number of methoxy groups -OCH3 is 1. The van der Waals surface area contributed by atoms with E-state index >= 15 is 0 Å². The molecule has 0 unspecified atom stereocenters. The molecule has 6 heteroatoms. The lowest BCUT2D eigenvalue weighted by atomic mass is 10.1. The molecule has 0 fully saturated rings. The van der Waals surface area contributed by atoms with Crippen molar-refractivity contribution in [3.8, 4) is 16.9 Å². The third-order valence-electron chi connectivity index (χ3n) is 3.32. The first kappa shape index (κ1) is 19.4. The molecule has 0 spiro atoms. The van der Waals surface area contributed by atoms with Gasteiger partial charge in [-0.1, -0.05) is 48.5 Å². The van der Waals surface area contributed by atoms with Crippen LogP contribution in [0, 0.1) is 3.57 Å². The van der Waals surface area contributed by atoms with Gasteiger partial charge in [0.05, 0.1) is 12.0 Å². The fourth-order valence-electron chi connectivity index (χ4n) is 2.06. The van der Waals surface area contributed by atoms with Gasteiger partial charge < -0.3 is 4.74 Å². The van der Waals surface area contributed by atoms with Gasteiger partial charge in [0.2, 0.25) is 0 Å². The summed E-state index contributed by atoms with van der Waals surface area (Å²) in [6.45, 7) is 0. The van der Waals surface area contributed by atoms with Gasteiger partial charge in [-0.25, -0.2) is 0 Å². The Hall–Kier alpha value is -1.90. The van der Waals surface area contributed by atoms with Crippen LogP contribution in [0.1, 0.15) is 0 Å². The second kappa shape index (κ2) is 8.98. The summed E-state index contributed by atoms with van der Waals surface area (Å²) in [7, 11) is -2.32. The molecule has 0 atom stereocenters. The van der Waals surface area contributed by atoms with Crippen molar-refractivity contribution >= 4 is 32.7 Å². The predicted octanol–water partition coefficient (Wildman–Crippen LogP) is 4.90. The largest absolute Gasteiger partial charge is 0.497 e. The second-order valence-electron chi connectivity index (χ2n) is 5.00.